The predicted molar refractivity (Wildman–Crippen MR) is 87.6 cm³/mol. The molecule has 2 atom stereocenters. The van der Waals surface area contributed by atoms with E-state index >= 15 is 0 Å². The lowest BCUT2D eigenvalue weighted by Gasteiger charge is -2.52. The van der Waals surface area contributed by atoms with E-state index in [0.29, 0.717) is 5.56 Å². The van der Waals surface area contributed by atoms with Crippen molar-refractivity contribution in [3.63, 3.8) is 0 Å². The molecule has 0 saturated carbocycles. The van der Waals surface area contributed by atoms with Crippen molar-refractivity contribution in [3.8, 4) is 0 Å². The fourth-order valence-corrected chi connectivity index (χ4v) is 8.37. The molecule has 1 aromatic carbocycles. The highest BCUT2D eigenvalue weighted by Crippen LogP contribution is 2.51. The molecule has 1 heterocycles. The third-order valence-electron chi connectivity index (χ3n) is 5.14. The maximum atomic E-state index is 13.7. The minimum atomic E-state index is -2.68. The molecule has 0 amide bonds. The highest BCUT2D eigenvalue weighted by atomic mass is 28.4. The smallest absolute Gasteiger partial charge is 0.371 e. The maximum Gasteiger partial charge on any atom is 0.371 e. The lowest BCUT2D eigenvalue weighted by Crippen LogP contribution is -2.67. The third-order valence-corrected chi connectivity index (χ3v) is 9.56. The van der Waals surface area contributed by atoms with E-state index in [1.54, 1.807) is 21.3 Å². The Morgan fingerprint density at radius 1 is 1.13 bits per heavy atom. The molecule has 1 aromatic rings. The molecule has 1 aliphatic rings. The first-order valence-electron chi connectivity index (χ1n) is 8.10. The summed E-state index contributed by atoms with van der Waals surface area (Å²) in [6, 6.07) is 4.54. The van der Waals surface area contributed by atoms with Crippen LogP contribution < -0.4 is 0 Å². The Kier molecular flexibility index (Phi) is 5.94. The van der Waals surface area contributed by atoms with Crippen LogP contribution in [0.1, 0.15) is 44.1 Å². The minimum absolute atomic E-state index is 0.141. The molecule has 6 heteroatoms. The number of ether oxygens (including phenoxy) is 1. The zero-order valence-corrected chi connectivity index (χ0v) is 15.3. The van der Waals surface area contributed by atoms with Gasteiger partial charge in [0.15, 0.2) is 0 Å². The minimum Gasteiger partial charge on any atom is -0.396 e. The van der Waals surface area contributed by atoms with Crippen molar-refractivity contribution in [2.24, 2.45) is 0 Å². The molecule has 0 aromatic heterocycles. The number of hydrogen-bond donors (Lipinski definition) is 0. The molecule has 1 aliphatic heterocycles. The van der Waals surface area contributed by atoms with Crippen molar-refractivity contribution in [3.05, 3.63) is 35.4 Å². The van der Waals surface area contributed by atoms with E-state index in [0.717, 1.165) is 37.8 Å². The summed E-state index contributed by atoms with van der Waals surface area (Å²) < 4.78 is 45.3. The Morgan fingerprint density at radius 2 is 1.74 bits per heavy atom. The van der Waals surface area contributed by atoms with E-state index < -0.39 is 25.4 Å². The summed E-state index contributed by atoms with van der Waals surface area (Å²) in [6.07, 6.45) is 3.31. The van der Waals surface area contributed by atoms with Crippen molar-refractivity contribution in [2.75, 3.05) is 21.3 Å². The quantitative estimate of drug-likeness (QED) is 0.720. The molecule has 0 spiro atoms. The fraction of sp³-hybridized carbons (Fsp3) is 0.647. The molecule has 0 aliphatic carbocycles. The highest BCUT2D eigenvalue weighted by molar-refractivity contribution is 6.71. The second-order valence-corrected chi connectivity index (χ2v) is 9.82. The van der Waals surface area contributed by atoms with E-state index in [2.05, 4.69) is 6.92 Å². The van der Waals surface area contributed by atoms with Gasteiger partial charge in [0.2, 0.25) is 0 Å². The van der Waals surface area contributed by atoms with Crippen LogP contribution in [0.5, 0.6) is 0 Å². The van der Waals surface area contributed by atoms with Gasteiger partial charge in [-0.25, -0.2) is 8.78 Å². The van der Waals surface area contributed by atoms with Gasteiger partial charge in [-0.2, -0.15) is 0 Å². The summed E-state index contributed by atoms with van der Waals surface area (Å²) in [5, 5.41) is -0.649. The molecule has 2 rings (SSSR count). The number of methoxy groups -OCH3 is 1. The van der Waals surface area contributed by atoms with Gasteiger partial charge in [-0.1, -0.05) is 19.8 Å². The van der Waals surface area contributed by atoms with Gasteiger partial charge in [-0.15, -0.1) is 0 Å². The largest absolute Gasteiger partial charge is 0.396 e. The summed E-state index contributed by atoms with van der Waals surface area (Å²) in [7, 11) is 2.30. The van der Waals surface area contributed by atoms with Gasteiger partial charge in [-0.05, 0) is 36.6 Å². The van der Waals surface area contributed by atoms with Crippen molar-refractivity contribution >= 4 is 8.56 Å². The zero-order valence-electron chi connectivity index (χ0n) is 14.3. The van der Waals surface area contributed by atoms with Crippen LogP contribution in [0.4, 0.5) is 8.78 Å². The SMILES string of the molecule is CCCC1(OC)C(c2cc(F)cc(F)c2)CCC[Si]1(OC)OC. The van der Waals surface area contributed by atoms with Crippen LogP contribution in [0.15, 0.2) is 18.2 Å². The monoisotopic (exact) mass is 344 g/mol. The summed E-state index contributed by atoms with van der Waals surface area (Å²) in [5.41, 5.74) is 0.628. The van der Waals surface area contributed by atoms with Crippen LogP contribution >= 0.6 is 0 Å². The highest BCUT2D eigenvalue weighted by Gasteiger charge is 2.63. The molecular weight excluding hydrogens is 318 g/mol. The van der Waals surface area contributed by atoms with Gasteiger partial charge >= 0.3 is 8.56 Å². The lowest BCUT2D eigenvalue weighted by atomic mass is 9.85. The molecule has 130 valence electrons. The van der Waals surface area contributed by atoms with Crippen LogP contribution in [0.2, 0.25) is 6.04 Å². The Balaban J connectivity index is 2.58. The number of hydrogen-bond acceptors (Lipinski definition) is 3. The summed E-state index contributed by atoms with van der Waals surface area (Å²) in [4.78, 5) is 0. The lowest BCUT2D eigenvalue weighted by molar-refractivity contribution is -0.0303. The average molecular weight is 344 g/mol. The van der Waals surface area contributed by atoms with E-state index in [1.165, 1.54) is 12.1 Å². The number of rotatable bonds is 6. The Morgan fingerprint density at radius 3 is 2.22 bits per heavy atom. The Labute approximate surface area is 138 Å². The van der Waals surface area contributed by atoms with Crippen molar-refractivity contribution in [2.45, 2.75) is 49.8 Å². The Bertz CT molecular complexity index is 516. The van der Waals surface area contributed by atoms with Crippen LogP contribution in [-0.4, -0.2) is 35.1 Å². The molecule has 0 bridgehead atoms. The average Bonchev–Trinajstić information content (AvgIpc) is 2.54. The number of halogens is 2. The van der Waals surface area contributed by atoms with E-state index in [4.69, 9.17) is 13.6 Å². The van der Waals surface area contributed by atoms with Crippen LogP contribution in [-0.2, 0) is 13.6 Å². The van der Waals surface area contributed by atoms with Crippen molar-refractivity contribution in [1.29, 1.82) is 0 Å². The van der Waals surface area contributed by atoms with E-state index in [-0.39, 0.29) is 5.92 Å². The van der Waals surface area contributed by atoms with Gasteiger partial charge in [0.05, 0.1) is 0 Å². The summed E-state index contributed by atoms with van der Waals surface area (Å²) >= 11 is 0. The molecule has 2 unspecified atom stereocenters. The molecular formula is C17H26F2O3Si. The summed E-state index contributed by atoms with van der Waals surface area (Å²) in [5.74, 6) is -1.26. The van der Waals surface area contributed by atoms with Crippen LogP contribution in [0.3, 0.4) is 0 Å². The summed E-state index contributed by atoms with van der Waals surface area (Å²) in [6.45, 7) is 2.07. The fourth-order valence-electron chi connectivity index (χ4n) is 4.23. The van der Waals surface area contributed by atoms with E-state index in [1.807, 2.05) is 0 Å². The predicted octanol–water partition coefficient (Wildman–Crippen LogP) is 4.30. The topological polar surface area (TPSA) is 27.7 Å². The number of benzene rings is 1. The van der Waals surface area contributed by atoms with Gasteiger partial charge in [0, 0.05) is 33.3 Å². The Hall–Kier alpha value is -0.823. The van der Waals surface area contributed by atoms with Gasteiger partial charge < -0.3 is 13.6 Å². The second-order valence-electron chi connectivity index (χ2n) is 6.15. The standard InChI is InChI=1S/C17H26F2O3Si/c1-5-8-17(20-2)16(7-6-9-23(17,21-3)22-4)13-10-14(18)12-15(19)11-13/h10-12,16H,5-9H2,1-4H3. The molecule has 0 N–H and O–H groups in total. The van der Waals surface area contributed by atoms with Crippen molar-refractivity contribution < 1.29 is 22.4 Å². The van der Waals surface area contributed by atoms with Crippen LogP contribution in [0.25, 0.3) is 0 Å². The molecule has 1 saturated heterocycles. The third kappa shape index (κ3) is 3.09. The first-order valence-corrected chi connectivity index (χ1v) is 10.1. The van der Waals surface area contributed by atoms with Gasteiger partial charge in [-0.3, -0.25) is 0 Å². The second kappa shape index (κ2) is 7.38. The molecule has 0 radical (unpaired) electrons. The molecule has 23 heavy (non-hydrogen) atoms. The van der Waals surface area contributed by atoms with Gasteiger partial charge in [0.1, 0.15) is 16.9 Å². The van der Waals surface area contributed by atoms with Crippen molar-refractivity contribution in [1.82, 2.24) is 0 Å². The van der Waals surface area contributed by atoms with Crippen LogP contribution in [0, 0.1) is 11.6 Å². The first kappa shape index (κ1) is 18.5. The first-order chi connectivity index (χ1) is 11.0. The van der Waals surface area contributed by atoms with Gasteiger partial charge in [0.25, 0.3) is 0 Å². The molecule has 1 fully saturated rings. The normalized spacial score (nSPS) is 27.1. The van der Waals surface area contributed by atoms with E-state index in [9.17, 15) is 8.78 Å². The molecule has 3 nitrogen and oxygen atoms in total. The zero-order chi connectivity index (χ0) is 17.1. The maximum absolute atomic E-state index is 13.7.